The van der Waals surface area contributed by atoms with Gasteiger partial charge in [0.2, 0.25) is 0 Å². The van der Waals surface area contributed by atoms with Gasteiger partial charge in [-0.05, 0) is 39.3 Å². The zero-order valence-electron chi connectivity index (χ0n) is 16.0. The molecule has 0 aliphatic carbocycles. The van der Waals surface area contributed by atoms with E-state index in [9.17, 15) is 0 Å². The summed E-state index contributed by atoms with van der Waals surface area (Å²) in [5, 5.41) is 6.57. The average Bonchev–Trinajstić information content (AvgIpc) is 3.00. The fourth-order valence-corrected chi connectivity index (χ4v) is 2.07. The van der Waals surface area contributed by atoms with Gasteiger partial charge >= 0.3 is 0 Å². The number of hydrogen-bond acceptors (Lipinski definition) is 4. The van der Waals surface area contributed by atoms with Crippen LogP contribution in [0.5, 0.6) is 0 Å². The van der Waals surface area contributed by atoms with Crippen molar-refractivity contribution in [3.63, 3.8) is 0 Å². The topological polar surface area (TPSA) is 68.0 Å². The van der Waals surface area contributed by atoms with Crippen molar-refractivity contribution in [2.45, 2.75) is 46.6 Å². The highest BCUT2D eigenvalue weighted by molar-refractivity contribution is 14.0. The van der Waals surface area contributed by atoms with E-state index in [1.54, 1.807) is 0 Å². The number of ether oxygens (including phenoxy) is 2. The molecule has 0 aliphatic rings. The lowest BCUT2D eigenvalue weighted by molar-refractivity contribution is 0.0497. The van der Waals surface area contributed by atoms with Crippen molar-refractivity contribution in [1.29, 1.82) is 0 Å². The quantitative estimate of drug-likeness (QED) is 0.213. The van der Waals surface area contributed by atoms with Crippen molar-refractivity contribution >= 4 is 29.9 Å². The van der Waals surface area contributed by atoms with Crippen LogP contribution in [0.25, 0.3) is 0 Å². The first-order valence-corrected chi connectivity index (χ1v) is 8.94. The second kappa shape index (κ2) is 15.5. The molecule has 0 aromatic carbocycles. The summed E-state index contributed by atoms with van der Waals surface area (Å²) in [6, 6.07) is 4.01. The van der Waals surface area contributed by atoms with Gasteiger partial charge in [-0.25, -0.2) is 0 Å². The van der Waals surface area contributed by atoms with Crippen LogP contribution >= 0.6 is 24.0 Å². The molecule has 0 radical (unpaired) electrons. The fourth-order valence-electron chi connectivity index (χ4n) is 2.07. The lowest BCUT2D eigenvalue weighted by Crippen LogP contribution is -2.38. The molecule has 0 spiro atoms. The summed E-state index contributed by atoms with van der Waals surface area (Å²) >= 11 is 0. The molecule has 0 fully saturated rings. The van der Waals surface area contributed by atoms with Crippen molar-refractivity contribution < 1.29 is 13.9 Å². The van der Waals surface area contributed by atoms with E-state index in [1.165, 1.54) is 0 Å². The van der Waals surface area contributed by atoms with Gasteiger partial charge in [-0.3, -0.25) is 4.99 Å². The molecule has 146 valence electrons. The number of unbranched alkanes of at least 4 members (excludes halogenated alkanes) is 1. The third-order valence-electron chi connectivity index (χ3n) is 3.41. The number of guanidine groups is 1. The van der Waals surface area contributed by atoms with Crippen LogP contribution in [0.3, 0.4) is 0 Å². The molecule has 1 aromatic rings. The van der Waals surface area contributed by atoms with Gasteiger partial charge in [-0.2, -0.15) is 0 Å². The second-order valence-corrected chi connectivity index (χ2v) is 5.65. The molecular formula is C18H34IN3O3. The fraction of sp³-hybridized carbons (Fsp3) is 0.722. The van der Waals surface area contributed by atoms with Crippen LogP contribution in [0.15, 0.2) is 21.5 Å². The van der Waals surface area contributed by atoms with E-state index >= 15 is 0 Å². The molecule has 0 saturated carbocycles. The summed E-state index contributed by atoms with van der Waals surface area (Å²) < 4.78 is 16.6. The summed E-state index contributed by atoms with van der Waals surface area (Å²) in [5.41, 5.74) is 0. The zero-order valence-corrected chi connectivity index (χ0v) is 18.3. The van der Waals surface area contributed by atoms with Gasteiger partial charge in [0.1, 0.15) is 11.5 Å². The highest BCUT2D eigenvalue weighted by Gasteiger charge is 2.10. The Bertz CT molecular complexity index is 466. The van der Waals surface area contributed by atoms with Crippen LogP contribution in [-0.2, 0) is 9.47 Å². The largest absolute Gasteiger partial charge is 0.464 e. The Hall–Kier alpha value is -0.800. The predicted octanol–water partition coefficient (Wildman–Crippen LogP) is 3.66. The van der Waals surface area contributed by atoms with Gasteiger partial charge in [0.25, 0.3) is 0 Å². The number of nitrogens with zero attached hydrogens (tertiary/aromatic N) is 1. The number of hydrogen-bond donors (Lipinski definition) is 2. The van der Waals surface area contributed by atoms with Crippen LogP contribution < -0.4 is 10.6 Å². The van der Waals surface area contributed by atoms with Gasteiger partial charge in [0, 0.05) is 13.2 Å². The molecule has 1 atom stereocenters. The Morgan fingerprint density at radius 3 is 2.48 bits per heavy atom. The molecular weight excluding hydrogens is 433 g/mol. The molecule has 0 amide bonds. The minimum Gasteiger partial charge on any atom is -0.464 e. The van der Waals surface area contributed by atoms with Crippen molar-refractivity contribution in [2.24, 2.45) is 4.99 Å². The highest BCUT2D eigenvalue weighted by Crippen LogP contribution is 2.15. The Balaban J connectivity index is 0.00000576. The molecule has 7 heteroatoms. The number of nitrogens with one attached hydrogen (secondary N) is 2. The van der Waals surface area contributed by atoms with E-state index in [1.807, 2.05) is 26.0 Å². The summed E-state index contributed by atoms with van der Waals surface area (Å²) in [4.78, 5) is 4.52. The van der Waals surface area contributed by atoms with E-state index < -0.39 is 0 Å². The standard InChI is InChI=1S/C18H33N3O3.HI/c1-5-7-11-22-13-14-23-12-10-20-18(19-6-2)21-16(4)17-9-8-15(3)24-17;/h8-9,16H,5-7,10-14H2,1-4H3,(H2,19,20,21);1H. The third-order valence-corrected chi connectivity index (χ3v) is 3.41. The van der Waals surface area contributed by atoms with Crippen LogP contribution in [-0.4, -0.2) is 45.5 Å². The maximum atomic E-state index is 5.64. The number of aliphatic imine (C=N–C) groups is 1. The summed E-state index contributed by atoms with van der Waals surface area (Å²) in [6.45, 7) is 12.3. The molecule has 1 unspecified atom stereocenters. The SMILES string of the molecule is CCCCOCCOCCN=C(NCC)NC(C)c1ccc(C)o1.I. The Labute approximate surface area is 169 Å². The Morgan fingerprint density at radius 2 is 1.88 bits per heavy atom. The van der Waals surface area contributed by atoms with Gasteiger partial charge in [0.15, 0.2) is 5.96 Å². The smallest absolute Gasteiger partial charge is 0.191 e. The molecule has 1 aromatic heterocycles. The summed E-state index contributed by atoms with van der Waals surface area (Å²) in [6.07, 6.45) is 2.27. The van der Waals surface area contributed by atoms with E-state index in [0.717, 1.165) is 43.5 Å². The monoisotopic (exact) mass is 467 g/mol. The minimum atomic E-state index is 0. The molecule has 1 rings (SSSR count). The number of aryl methyl sites for hydroxylation is 1. The van der Waals surface area contributed by atoms with Crippen LogP contribution in [0, 0.1) is 6.92 Å². The first-order valence-electron chi connectivity index (χ1n) is 8.94. The minimum absolute atomic E-state index is 0. The molecule has 25 heavy (non-hydrogen) atoms. The van der Waals surface area contributed by atoms with E-state index in [4.69, 9.17) is 13.9 Å². The predicted molar refractivity (Wildman–Crippen MR) is 113 cm³/mol. The van der Waals surface area contributed by atoms with E-state index in [0.29, 0.717) is 26.4 Å². The van der Waals surface area contributed by atoms with Gasteiger partial charge < -0.3 is 24.5 Å². The van der Waals surface area contributed by atoms with Crippen LogP contribution in [0.4, 0.5) is 0 Å². The number of furan rings is 1. The number of rotatable bonds is 12. The molecule has 0 bridgehead atoms. The Morgan fingerprint density at radius 1 is 1.16 bits per heavy atom. The number of halogens is 1. The van der Waals surface area contributed by atoms with E-state index in [2.05, 4.69) is 29.5 Å². The van der Waals surface area contributed by atoms with Crippen LogP contribution in [0.2, 0.25) is 0 Å². The summed E-state index contributed by atoms with van der Waals surface area (Å²) in [5.74, 6) is 2.58. The molecule has 6 nitrogen and oxygen atoms in total. The molecule has 0 saturated heterocycles. The van der Waals surface area contributed by atoms with Crippen molar-refractivity contribution in [3.05, 3.63) is 23.7 Å². The van der Waals surface area contributed by atoms with Crippen molar-refractivity contribution in [3.8, 4) is 0 Å². The van der Waals surface area contributed by atoms with Gasteiger partial charge in [0.05, 0.1) is 32.4 Å². The molecule has 2 N–H and O–H groups in total. The Kier molecular flexibility index (Phi) is 15.0. The maximum absolute atomic E-state index is 5.64. The first-order chi connectivity index (χ1) is 11.7. The molecule has 1 heterocycles. The zero-order chi connectivity index (χ0) is 17.6. The van der Waals surface area contributed by atoms with E-state index in [-0.39, 0.29) is 30.0 Å². The average molecular weight is 467 g/mol. The van der Waals surface area contributed by atoms with Crippen molar-refractivity contribution in [1.82, 2.24) is 10.6 Å². The van der Waals surface area contributed by atoms with Gasteiger partial charge in [-0.15, -0.1) is 24.0 Å². The maximum Gasteiger partial charge on any atom is 0.191 e. The normalized spacial score (nSPS) is 12.6. The molecule has 0 aliphatic heterocycles. The highest BCUT2D eigenvalue weighted by atomic mass is 127. The lowest BCUT2D eigenvalue weighted by Gasteiger charge is -2.16. The lowest BCUT2D eigenvalue weighted by atomic mass is 10.2. The second-order valence-electron chi connectivity index (χ2n) is 5.65. The van der Waals surface area contributed by atoms with Crippen molar-refractivity contribution in [2.75, 3.05) is 39.5 Å². The third kappa shape index (κ3) is 11.4. The first kappa shape index (κ1) is 24.2. The van der Waals surface area contributed by atoms with Crippen LogP contribution in [0.1, 0.15) is 51.2 Å². The van der Waals surface area contributed by atoms with Gasteiger partial charge in [-0.1, -0.05) is 13.3 Å². The summed E-state index contributed by atoms with van der Waals surface area (Å²) in [7, 11) is 0.